The first-order valence-corrected chi connectivity index (χ1v) is 11.3. The number of ether oxygens (including phenoxy) is 1. The lowest BCUT2D eigenvalue weighted by Gasteiger charge is -2.32. The van der Waals surface area contributed by atoms with Crippen LogP contribution in [0, 0.1) is 6.92 Å². The molecular formula is C21H27F2N3O3S. The Bertz CT molecular complexity index is 977. The van der Waals surface area contributed by atoms with Crippen molar-refractivity contribution in [2.75, 3.05) is 35.4 Å². The standard InChI is InChI=1S/C21H27F2N3O3S/c1-15(2)26(18-6-4-5-7-20(18)29-21(22)23)30(27,28)17-9-8-16(3)19(14-17)25-12-10-24-11-13-25/h4-9,14-15,21,24H,10-13H2,1-3H3. The Hall–Kier alpha value is -2.39. The number of benzene rings is 2. The number of nitrogens with one attached hydrogen (secondary N) is 1. The number of hydrogen-bond acceptors (Lipinski definition) is 5. The van der Waals surface area contributed by atoms with Gasteiger partial charge in [-0.05, 0) is 50.6 Å². The molecule has 1 fully saturated rings. The molecule has 0 amide bonds. The molecule has 0 atom stereocenters. The van der Waals surface area contributed by atoms with Crippen LogP contribution >= 0.6 is 0 Å². The molecule has 0 unspecified atom stereocenters. The van der Waals surface area contributed by atoms with Gasteiger partial charge in [0.15, 0.2) is 0 Å². The topological polar surface area (TPSA) is 61.9 Å². The molecule has 1 saturated heterocycles. The van der Waals surface area contributed by atoms with Crippen LogP contribution in [0.15, 0.2) is 47.4 Å². The van der Waals surface area contributed by atoms with E-state index in [9.17, 15) is 17.2 Å². The molecule has 2 aromatic carbocycles. The largest absolute Gasteiger partial charge is 0.433 e. The van der Waals surface area contributed by atoms with Crippen LogP contribution in [-0.4, -0.2) is 47.3 Å². The minimum Gasteiger partial charge on any atom is -0.433 e. The quantitative estimate of drug-likeness (QED) is 0.714. The zero-order valence-electron chi connectivity index (χ0n) is 17.3. The smallest absolute Gasteiger partial charge is 0.387 e. The van der Waals surface area contributed by atoms with E-state index in [2.05, 4.69) is 15.0 Å². The molecular weight excluding hydrogens is 412 g/mol. The van der Waals surface area contributed by atoms with Crippen molar-refractivity contribution in [3.05, 3.63) is 48.0 Å². The molecule has 0 bridgehead atoms. The first-order valence-electron chi connectivity index (χ1n) is 9.86. The van der Waals surface area contributed by atoms with Crippen molar-refractivity contribution in [3.8, 4) is 5.75 Å². The van der Waals surface area contributed by atoms with E-state index in [0.29, 0.717) is 0 Å². The molecule has 2 aromatic rings. The van der Waals surface area contributed by atoms with Crippen molar-refractivity contribution < 1.29 is 21.9 Å². The Morgan fingerprint density at radius 2 is 1.77 bits per heavy atom. The van der Waals surface area contributed by atoms with Gasteiger partial charge in [0.1, 0.15) is 5.75 Å². The molecule has 0 aromatic heterocycles. The molecule has 1 aliphatic heterocycles. The number of anilines is 2. The van der Waals surface area contributed by atoms with Crippen LogP contribution < -0.4 is 19.3 Å². The Balaban J connectivity index is 2.06. The molecule has 0 radical (unpaired) electrons. The number of rotatable bonds is 7. The average Bonchev–Trinajstić information content (AvgIpc) is 2.69. The van der Waals surface area contributed by atoms with Gasteiger partial charge in [-0.3, -0.25) is 4.31 Å². The highest BCUT2D eigenvalue weighted by Crippen LogP contribution is 2.36. The summed E-state index contributed by atoms with van der Waals surface area (Å²) in [5.74, 6) is -0.181. The third kappa shape index (κ3) is 4.67. The highest BCUT2D eigenvalue weighted by atomic mass is 32.2. The van der Waals surface area contributed by atoms with Crippen molar-refractivity contribution in [2.45, 2.75) is 38.3 Å². The van der Waals surface area contributed by atoms with Gasteiger partial charge in [0.2, 0.25) is 0 Å². The number of hydrogen-bond donors (Lipinski definition) is 1. The van der Waals surface area contributed by atoms with Crippen LogP contribution in [0.4, 0.5) is 20.2 Å². The maximum atomic E-state index is 13.6. The summed E-state index contributed by atoms with van der Waals surface area (Å²) in [5.41, 5.74) is 1.92. The third-order valence-electron chi connectivity index (χ3n) is 4.98. The fourth-order valence-corrected chi connectivity index (χ4v) is 5.32. The van der Waals surface area contributed by atoms with Crippen LogP contribution in [0.5, 0.6) is 5.75 Å². The maximum Gasteiger partial charge on any atom is 0.387 e. The van der Waals surface area contributed by atoms with E-state index < -0.39 is 22.7 Å². The lowest BCUT2D eigenvalue weighted by Crippen LogP contribution is -2.44. The third-order valence-corrected chi connectivity index (χ3v) is 6.97. The molecule has 3 rings (SSSR count). The van der Waals surface area contributed by atoms with Crippen molar-refractivity contribution >= 4 is 21.4 Å². The van der Waals surface area contributed by atoms with Crippen molar-refractivity contribution in [3.63, 3.8) is 0 Å². The van der Waals surface area contributed by atoms with E-state index in [-0.39, 0.29) is 16.3 Å². The van der Waals surface area contributed by atoms with Crippen molar-refractivity contribution in [2.24, 2.45) is 0 Å². The number of piperazine rings is 1. The summed E-state index contributed by atoms with van der Waals surface area (Å²) >= 11 is 0. The number of alkyl halides is 2. The minimum absolute atomic E-state index is 0.0806. The minimum atomic E-state index is -4.02. The van der Waals surface area contributed by atoms with Crippen LogP contribution in [0.25, 0.3) is 0 Å². The van der Waals surface area contributed by atoms with Gasteiger partial charge in [-0.15, -0.1) is 0 Å². The monoisotopic (exact) mass is 439 g/mol. The summed E-state index contributed by atoms with van der Waals surface area (Å²) in [4.78, 5) is 2.26. The van der Waals surface area contributed by atoms with Crippen LogP contribution in [0.1, 0.15) is 19.4 Å². The Morgan fingerprint density at radius 3 is 2.40 bits per heavy atom. The normalized spacial score (nSPS) is 15.0. The number of aryl methyl sites for hydroxylation is 1. The van der Waals surface area contributed by atoms with Gasteiger partial charge < -0.3 is 15.0 Å². The fourth-order valence-electron chi connectivity index (χ4n) is 3.63. The Morgan fingerprint density at radius 1 is 1.10 bits per heavy atom. The fraction of sp³-hybridized carbons (Fsp3) is 0.429. The molecule has 1 N–H and O–H groups in total. The van der Waals surface area contributed by atoms with Gasteiger partial charge >= 0.3 is 6.61 Å². The van der Waals surface area contributed by atoms with E-state index in [1.807, 2.05) is 6.92 Å². The van der Waals surface area contributed by atoms with Gasteiger partial charge in [-0.2, -0.15) is 8.78 Å². The highest BCUT2D eigenvalue weighted by molar-refractivity contribution is 7.92. The lowest BCUT2D eigenvalue weighted by molar-refractivity contribution is -0.0494. The molecule has 6 nitrogen and oxygen atoms in total. The van der Waals surface area contributed by atoms with Crippen LogP contribution in [0.3, 0.4) is 0 Å². The summed E-state index contributed by atoms with van der Waals surface area (Å²) in [7, 11) is -4.02. The molecule has 1 heterocycles. The number of para-hydroxylation sites is 2. The molecule has 164 valence electrons. The van der Waals surface area contributed by atoms with Gasteiger partial charge in [-0.1, -0.05) is 18.2 Å². The second-order valence-electron chi connectivity index (χ2n) is 7.43. The van der Waals surface area contributed by atoms with Gasteiger partial charge in [0, 0.05) is 37.9 Å². The van der Waals surface area contributed by atoms with E-state index in [1.54, 1.807) is 38.1 Å². The molecule has 30 heavy (non-hydrogen) atoms. The predicted octanol–water partition coefficient (Wildman–Crippen LogP) is 3.61. The molecule has 0 saturated carbocycles. The Labute approximate surface area is 176 Å². The zero-order valence-corrected chi connectivity index (χ0v) is 18.1. The summed E-state index contributed by atoms with van der Waals surface area (Å²) in [5, 5.41) is 3.28. The summed E-state index contributed by atoms with van der Waals surface area (Å²) in [6.45, 7) is 5.50. The van der Waals surface area contributed by atoms with E-state index in [1.165, 1.54) is 18.2 Å². The molecule has 0 spiro atoms. The second kappa shape index (κ2) is 9.18. The molecule has 0 aliphatic carbocycles. The van der Waals surface area contributed by atoms with Gasteiger partial charge in [0.25, 0.3) is 10.0 Å². The van der Waals surface area contributed by atoms with Crippen LogP contribution in [-0.2, 0) is 10.0 Å². The maximum absolute atomic E-state index is 13.6. The number of nitrogens with zero attached hydrogens (tertiary/aromatic N) is 2. The predicted molar refractivity (Wildman–Crippen MR) is 114 cm³/mol. The summed E-state index contributed by atoms with van der Waals surface area (Å²) < 4.78 is 58.7. The number of halogens is 2. The first kappa shape index (κ1) is 22.3. The van der Waals surface area contributed by atoms with Gasteiger partial charge in [-0.25, -0.2) is 8.42 Å². The average molecular weight is 440 g/mol. The SMILES string of the molecule is Cc1ccc(S(=O)(=O)N(c2ccccc2OC(F)F)C(C)C)cc1N1CCNCC1. The van der Waals surface area contributed by atoms with Gasteiger partial charge in [0.05, 0.1) is 10.6 Å². The highest BCUT2D eigenvalue weighted by Gasteiger charge is 2.31. The molecule has 1 aliphatic rings. The number of sulfonamides is 1. The summed E-state index contributed by atoms with van der Waals surface area (Å²) in [6, 6.07) is 10.4. The lowest BCUT2D eigenvalue weighted by atomic mass is 10.1. The van der Waals surface area contributed by atoms with Crippen LogP contribution in [0.2, 0.25) is 0 Å². The zero-order chi connectivity index (χ0) is 21.9. The second-order valence-corrected chi connectivity index (χ2v) is 9.24. The van der Waals surface area contributed by atoms with E-state index in [4.69, 9.17) is 0 Å². The Kier molecular flexibility index (Phi) is 6.82. The van der Waals surface area contributed by atoms with E-state index in [0.717, 1.165) is 41.7 Å². The van der Waals surface area contributed by atoms with Crippen molar-refractivity contribution in [1.29, 1.82) is 0 Å². The molecule has 9 heteroatoms. The van der Waals surface area contributed by atoms with Crippen molar-refractivity contribution in [1.82, 2.24) is 5.32 Å². The summed E-state index contributed by atoms with van der Waals surface area (Å²) in [6.07, 6.45) is 0. The van der Waals surface area contributed by atoms with E-state index >= 15 is 0 Å². The first-order chi connectivity index (χ1) is 14.2.